The smallest absolute Gasteiger partial charge is 0.269 e. The molecule has 142 valence electrons. The quantitative estimate of drug-likeness (QED) is 0.468. The SMILES string of the molecule is C=CCSC1=NN2[C@@H](c3cccc([N+](=O)[O-])c3)Nc3ccccc3[C@@H]2C(=O)N1. The van der Waals surface area contributed by atoms with Crippen molar-refractivity contribution in [3.63, 3.8) is 0 Å². The van der Waals surface area contributed by atoms with Gasteiger partial charge in [-0.05, 0) is 6.07 Å². The van der Waals surface area contributed by atoms with Crippen LogP contribution in [0.4, 0.5) is 11.4 Å². The number of amidine groups is 1. The van der Waals surface area contributed by atoms with Gasteiger partial charge in [0.25, 0.3) is 11.6 Å². The molecule has 8 nitrogen and oxygen atoms in total. The summed E-state index contributed by atoms with van der Waals surface area (Å²) in [6.45, 7) is 3.69. The Morgan fingerprint density at radius 2 is 2.11 bits per heavy atom. The van der Waals surface area contributed by atoms with E-state index in [4.69, 9.17) is 0 Å². The van der Waals surface area contributed by atoms with Gasteiger partial charge in [-0.1, -0.05) is 48.2 Å². The van der Waals surface area contributed by atoms with E-state index in [0.717, 1.165) is 11.3 Å². The predicted octanol–water partition coefficient (Wildman–Crippen LogP) is 3.38. The average Bonchev–Trinajstić information content (AvgIpc) is 2.71. The molecule has 0 spiro atoms. The number of rotatable bonds is 4. The van der Waals surface area contributed by atoms with Crippen molar-refractivity contribution in [1.82, 2.24) is 10.3 Å². The molecule has 28 heavy (non-hydrogen) atoms. The maximum absolute atomic E-state index is 12.9. The van der Waals surface area contributed by atoms with E-state index in [0.29, 0.717) is 16.5 Å². The van der Waals surface area contributed by atoms with Crippen LogP contribution < -0.4 is 10.6 Å². The van der Waals surface area contributed by atoms with Crippen LogP contribution in [0.3, 0.4) is 0 Å². The summed E-state index contributed by atoms with van der Waals surface area (Å²) in [6.07, 6.45) is 1.21. The first-order valence-electron chi connectivity index (χ1n) is 8.60. The van der Waals surface area contributed by atoms with E-state index in [9.17, 15) is 14.9 Å². The molecule has 1 amide bonds. The van der Waals surface area contributed by atoms with E-state index < -0.39 is 17.1 Å². The van der Waals surface area contributed by atoms with Gasteiger partial charge in [-0.25, -0.2) is 0 Å². The van der Waals surface area contributed by atoms with Crippen molar-refractivity contribution in [2.75, 3.05) is 11.1 Å². The van der Waals surface area contributed by atoms with E-state index >= 15 is 0 Å². The zero-order valence-electron chi connectivity index (χ0n) is 14.7. The van der Waals surface area contributed by atoms with Crippen LogP contribution in [0.5, 0.6) is 0 Å². The fourth-order valence-electron chi connectivity index (χ4n) is 3.30. The summed E-state index contributed by atoms with van der Waals surface area (Å²) in [5.74, 6) is 0.411. The van der Waals surface area contributed by atoms with Crippen molar-refractivity contribution in [2.45, 2.75) is 12.2 Å². The summed E-state index contributed by atoms with van der Waals surface area (Å²) in [7, 11) is 0. The van der Waals surface area contributed by atoms with Crippen molar-refractivity contribution < 1.29 is 9.72 Å². The minimum Gasteiger partial charge on any atom is -0.360 e. The lowest BCUT2D eigenvalue weighted by Gasteiger charge is -2.43. The first kappa shape index (κ1) is 18.1. The fourth-order valence-corrected chi connectivity index (χ4v) is 3.90. The van der Waals surface area contributed by atoms with E-state index in [1.54, 1.807) is 23.2 Å². The van der Waals surface area contributed by atoms with Gasteiger partial charge in [0.1, 0.15) is 6.17 Å². The average molecular weight is 395 g/mol. The summed E-state index contributed by atoms with van der Waals surface area (Å²) in [5.41, 5.74) is 2.24. The van der Waals surface area contributed by atoms with E-state index in [-0.39, 0.29) is 11.6 Å². The number of hydrogen-bond donors (Lipinski definition) is 2. The van der Waals surface area contributed by atoms with Crippen molar-refractivity contribution in [3.8, 4) is 0 Å². The summed E-state index contributed by atoms with van der Waals surface area (Å²) < 4.78 is 0. The summed E-state index contributed by atoms with van der Waals surface area (Å²) in [5, 5.41) is 24.2. The highest BCUT2D eigenvalue weighted by Gasteiger charge is 2.42. The van der Waals surface area contributed by atoms with Gasteiger partial charge in [0, 0.05) is 34.7 Å². The number of nitrogens with one attached hydrogen (secondary N) is 2. The molecule has 9 heteroatoms. The van der Waals surface area contributed by atoms with Gasteiger partial charge in [-0.2, -0.15) is 0 Å². The molecule has 2 aliphatic rings. The first-order chi connectivity index (χ1) is 13.6. The Morgan fingerprint density at radius 1 is 1.29 bits per heavy atom. The van der Waals surface area contributed by atoms with E-state index in [1.165, 1.54) is 23.9 Å². The van der Waals surface area contributed by atoms with Crippen molar-refractivity contribution in [3.05, 3.63) is 82.4 Å². The normalized spacial score (nSPS) is 20.2. The molecule has 0 unspecified atom stereocenters. The largest absolute Gasteiger partial charge is 0.360 e. The molecule has 0 saturated carbocycles. The highest BCUT2D eigenvalue weighted by Crippen LogP contribution is 2.42. The second kappa shape index (κ2) is 7.35. The van der Waals surface area contributed by atoms with Crippen LogP contribution >= 0.6 is 11.8 Å². The lowest BCUT2D eigenvalue weighted by Crippen LogP contribution is -2.50. The molecule has 2 heterocycles. The molecule has 2 aromatic carbocycles. The van der Waals surface area contributed by atoms with Gasteiger partial charge in [0.15, 0.2) is 11.2 Å². The molecule has 0 bridgehead atoms. The second-order valence-corrected chi connectivity index (χ2v) is 7.27. The molecule has 2 aromatic rings. The van der Waals surface area contributed by atoms with E-state index in [1.807, 2.05) is 24.3 Å². The molecular weight excluding hydrogens is 378 g/mol. The Labute approximate surface area is 165 Å². The predicted molar refractivity (Wildman–Crippen MR) is 109 cm³/mol. The Hall–Kier alpha value is -3.33. The zero-order chi connectivity index (χ0) is 19.7. The van der Waals surface area contributed by atoms with Crippen LogP contribution in [0, 0.1) is 10.1 Å². The molecule has 0 radical (unpaired) electrons. The summed E-state index contributed by atoms with van der Waals surface area (Å²) >= 11 is 1.37. The van der Waals surface area contributed by atoms with E-state index in [2.05, 4.69) is 22.3 Å². The van der Waals surface area contributed by atoms with Crippen LogP contribution in [-0.4, -0.2) is 26.8 Å². The Bertz CT molecular complexity index is 993. The number of benzene rings is 2. The van der Waals surface area contributed by atoms with Crippen LogP contribution in [0.1, 0.15) is 23.3 Å². The number of hydrogen-bond acceptors (Lipinski definition) is 7. The number of para-hydroxylation sites is 1. The summed E-state index contributed by atoms with van der Waals surface area (Å²) in [6, 6.07) is 13.2. The number of nitro groups is 1. The van der Waals surface area contributed by atoms with Crippen LogP contribution in [0.2, 0.25) is 0 Å². The van der Waals surface area contributed by atoms with Crippen LogP contribution in [-0.2, 0) is 4.79 Å². The molecule has 2 N–H and O–H groups in total. The molecule has 2 atom stereocenters. The number of carbonyl (C=O) groups excluding carboxylic acids is 1. The molecule has 0 fully saturated rings. The number of carbonyl (C=O) groups is 1. The highest BCUT2D eigenvalue weighted by atomic mass is 32.2. The standard InChI is InChI=1S/C19H17N5O3S/c1-2-10-28-19-21-18(25)16-14-8-3-4-9-15(14)20-17(23(16)22-19)12-6-5-7-13(11-12)24(26)27/h2-9,11,16-17,20H,1,10H2,(H,21,22,25)/t16-,17+/m1/s1. The van der Waals surface area contributed by atoms with Crippen molar-refractivity contribution in [1.29, 1.82) is 0 Å². The first-order valence-corrected chi connectivity index (χ1v) is 9.58. The molecule has 0 saturated heterocycles. The lowest BCUT2D eigenvalue weighted by atomic mass is 9.97. The van der Waals surface area contributed by atoms with Crippen LogP contribution in [0.15, 0.2) is 66.3 Å². The van der Waals surface area contributed by atoms with Crippen LogP contribution in [0.25, 0.3) is 0 Å². The maximum Gasteiger partial charge on any atom is 0.269 e. The Kier molecular flexibility index (Phi) is 4.74. The third kappa shape index (κ3) is 3.20. The number of thioether (sulfide) groups is 1. The summed E-state index contributed by atoms with van der Waals surface area (Å²) in [4.78, 5) is 23.7. The molecule has 0 aliphatic carbocycles. The highest BCUT2D eigenvalue weighted by molar-refractivity contribution is 8.14. The van der Waals surface area contributed by atoms with Crippen molar-refractivity contribution >= 4 is 34.2 Å². The monoisotopic (exact) mass is 395 g/mol. The number of nitro benzene ring substituents is 1. The second-order valence-electron chi connectivity index (χ2n) is 6.26. The van der Waals surface area contributed by atoms with Gasteiger partial charge < -0.3 is 10.6 Å². The Balaban J connectivity index is 1.81. The number of nitrogens with zero attached hydrogens (tertiary/aromatic N) is 3. The molecule has 4 rings (SSSR count). The number of anilines is 1. The third-order valence-electron chi connectivity index (χ3n) is 4.50. The zero-order valence-corrected chi connectivity index (χ0v) is 15.6. The molecule has 2 aliphatic heterocycles. The maximum atomic E-state index is 12.9. The van der Waals surface area contributed by atoms with Crippen molar-refractivity contribution in [2.24, 2.45) is 5.10 Å². The van der Waals surface area contributed by atoms with Gasteiger partial charge in [0.05, 0.1) is 4.92 Å². The topological polar surface area (TPSA) is 99.9 Å². The third-order valence-corrected chi connectivity index (χ3v) is 5.36. The van der Waals surface area contributed by atoms with Gasteiger partial charge in [-0.15, -0.1) is 11.7 Å². The minimum atomic E-state index is -0.630. The lowest BCUT2D eigenvalue weighted by molar-refractivity contribution is -0.384. The van der Waals surface area contributed by atoms with Gasteiger partial charge >= 0.3 is 0 Å². The van der Waals surface area contributed by atoms with Gasteiger partial charge in [0.2, 0.25) is 0 Å². The Morgan fingerprint density at radius 3 is 2.89 bits per heavy atom. The number of amides is 1. The molecule has 0 aromatic heterocycles. The number of hydrazone groups is 1. The fraction of sp³-hybridized carbons (Fsp3) is 0.158. The number of non-ortho nitro benzene ring substituents is 1. The number of fused-ring (bicyclic) bond motifs is 3. The molecular formula is C19H17N5O3S. The van der Waals surface area contributed by atoms with Gasteiger partial charge in [-0.3, -0.25) is 19.9 Å². The minimum absolute atomic E-state index is 0.0126.